The van der Waals surface area contributed by atoms with E-state index in [4.69, 9.17) is 16.3 Å². The molecule has 2 aliphatic heterocycles. The summed E-state index contributed by atoms with van der Waals surface area (Å²) in [6.45, 7) is 2.61. The van der Waals surface area contributed by atoms with Crippen molar-refractivity contribution in [3.05, 3.63) is 88.9 Å². The molecule has 1 saturated heterocycles. The number of nitrogens with one attached hydrogen (secondary N) is 1. The number of fused-ring (bicyclic) bond motifs is 1. The lowest BCUT2D eigenvalue weighted by Gasteiger charge is -2.52. The minimum Gasteiger partial charge on any atom is -0.495 e. The zero-order valence-corrected chi connectivity index (χ0v) is 18.8. The van der Waals surface area contributed by atoms with E-state index in [9.17, 15) is 4.79 Å². The summed E-state index contributed by atoms with van der Waals surface area (Å²) in [5.74, 6) is 0.708. The Balaban J connectivity index is 1.47. The number of carbonyl (C=O) groups excluding carboxylic acids is 1. The zero-order chi connectivity index (χ0) is 22.1. The van der Waals surface area contributed by atoms with E-state index in [1.165, 1.54) is 5.56 Å². The second-order valence-corrected chi connectivity index (χ2v) is 8.85. The maximum atomic E-state index is 13.8. The van der Waals surface area contributed by atoms with Crippen molar-refractivity contribution in [2.75, 3.05) is 30.4 Å². The van der Waals surface area contributed by atoms with Crippen LogP contribution in [0.15, 0.2) is 72.8 Å². The second kappa shape index (κ2) is 8.49. The highest BCUT2D eigenvalue weighted by Gasteiger charge is 2.48. The number of likely N-dealkylation sites (tertiary alicyclic amines) is 1. The summed E-state index contributed by atoms with van der Waals surface area (Å²) < 4.78 is 5.64. The van der Waals surface area contributed by atoms with E-state index in [0.717, 1.165) is 48.9 Å². The van der Waals surface area contributed by atoms with Gasteiger partial charge >= 0.3 is 0 Å². The molecule has 0 unspecified atom stereocenters. The van der Waals surface area contributed by atoms with E-state index in [2.05, 4.69) is 22.3 Å². The molecule has 0 saturated carbocycles. The number of methoxy groups -OCH3 is 1. The van der Waals surface area contributed by atoms with Crippen molar-refractivity contribution in [3.8, 4) is 5.75 Å². The van der Waals surface area contributed by atoms with Crippen LogP contribution in [0.2, 0.25) is 5.02 Å². The Bertz CT molecular complexity index is 1120. The highest BCUT2D eigenvalue weighted by atomic mass is 35.5. The number of hydrogen-bond acceptors (Lipinski definition) is 4. The highest BCUT2D eigenvalue weighted by Crippen LogP contribution is 2.43. The molecule has 2 heterocycles. The largest absolute Gasteiger partial charge is 0.495 e. The summed E-state index contributed by atoms with van der Waals surface area (Å²) in [6, 6.07) is 23.5. The van der Waals surface area contributed by atoms with Gasteiger partial charge in [0.2, 0.25) is 0 Å². The molecule has 1 N–H and O–H groups in total. The quantitative estimate of drug-likeness (QED) is 0.580. The molecule has 164 valence electrons. The van der Waals surface area contributed by atoms with Gasteiger partial charge in [-0.05, 0) is 42.0 Å². The zero-order valence-electron chi connectivity index (χ0n) is 18.1. The third kappa shape index (κ3) is 3.72. The van der Waals surface area contributed by atoms with Crippen molar-refractivity contribution in [1.82, 2.24) is 4.90 Å². The number of amides is 1. The third-order valence-corrected chi connectivity index (χ3v) is 6.74. The fourth-order valence-corrected chi connectivity index (χ4v) is 4.96. The summed E-state index contributed by atoms with van der Waals surface area (Å²) in [7, 11) is 1.65. The van der Waals surface area contributed by atoms with Crippen molar-refractivity contribution >= 4 is 28.9 Å². The summed E-state index contributed by atoms with van der Waals surface area (Å²) in [5, 5.41) is 4.49. The van der Waals surface area contributed by atoms with Crippen molar-refractivity contribution in [1.29, 1.82) is 0 Å². The molecule has 32 heavy (non-hydrogen) atoms. The lowest BCUT2D eigenvalue weighted by atomic mass is 9.89. The molecule has 0 aromatic heterocycles. The number of carbonyl (C=O) groups is 1. The van der Waals surface area contributed by atoms with Gasteiger partial charge < -0.3 is 10.1 Å². The minimum absolute atomic E-state index is 0.00926. The Labute approximate surface area is 193 Å². The first kappa shape index (κ1) is 20.9. The van der Waals surface area contributed by atoms with E-state index in [1.54, 1.807) is 7.11 Å². The van der Waals surface area contributed by atoms with Crippen LogP contribution in [0.25, 0.3) is 0 Å². The van der Waals surface area contributed by atoms with E-state index >= 15 is 0 Å². The SMILES string of the molecule is COc1ccccc1N1C(=O)c2ccccc2NC12CCN(Cc1ccc(Cl)cc1)CC2. The molecule has 1 spiro atoms. The predicted molar refractivity (Wildman–Crippen MR) is 129 cm³/mol. The number of rotatable bonds is 4. The van der Waals surface area contributed by atoms with Gasteiger partial charge in [-0.15, -0.1) is 0 Å². The van der Waals surface area contributed by atoms with Crippen LogP contribution in [0.4, 0.5) is 11.4 Å². The molecule has 5 nitrogen and oxygen atoms in total. The molecule has 1 amide bonds. The van der Waals surface area contributed by atoms with Gasteiger partial charge in [0.15, 0.2) is 0 Å². The maximum absolute atomic E-state index is 13.8. The normalized spacial score (nSPS) is 17.7. The number of hydrogen-bond donors (Lipinski definition) is 1. The molecule has 6 heteroatoms. The van der Waals surface area contributed by atoms with Gasteiger partial charge in [0.05, 0.1) is 18.4 Å². The molecule has 0 bridgehead atoms. The maximum Gasteiger partial charge on any atom is 0.262 e. The van der Waals surface area contributed by atoms with Gasteiger partial charge in [0.25, 0.3) is 5.91 Å². The summed E-state index contributed by atoms with van der Waals surface area (Å²) in [4.78, 5) is 18.1. The second-order valence-electron chi connectivity index (χ2n) is 8.42. The average Bonchev–Trinajstić information content (AvgIpc) is 2.82. The molecular weight excluding hydrogens is 422 g/mol. The predicted octanol–water partition coefficient (Wildman–Crippen LogP) is 5.41. The van der Waals surface area contributed by atoms with Crippen LogP contribution < -0.4 is 15.0 Å². The first-order valence-electron chi connectivity index (χ1n) is 10.9. The van der Waals surface area contributed by atoms with Gasteiger partial charge in [-0.25, -0.2) is 0 Å². The molecule has 3 aromatic rings. The monoisotopic (exact) mass is 447 g/mol. The lowest BCUT2D eigenvalue weighted by Crippen LogP contribution is -2.64. The molecular formula is C26H26ClN3O2. The Morgan fingerprint density at radius 2 is 1.66 bits per heavy atom. The van der Waals surface area contributed by atoms with Crippen LogP contribution in [0.3, 0.4) is 0 Å². The van der Waals surface area contributed by atoms with Crippen LogP contribution in [0.5, 0.6) is 5.75 Å². The van der Waals surface area contributed by atoms with Gasteiger partial charge in [0.1, 0.15) is 11.4 Å². The average molecular weight is 448 g/mol. The van der Waals surface area contributed by atoms with Crippen molar-refractivity contribution in [3.63, 3.8) is 0 Å². The van der Waals surface area contributed by atoms with Crippen molar-refractivity contribution < 1.29 is 9.53 Å². The Kier molecular flexibility index (Phi) is 5.53. The molecule has 5 rings (SSSR count). The van der Waals surface area contributed by atoms with Gasteiger partial charge in [-0.1, -0.05) is 48.0 Å². The van der Waals surface area contributed by atoms with E-state index < -0.39 is 5.66 Å². The first-order valence-corrected chi connectivity index (χ1v) is 11.3. The highest BCUT2D eigenvalue weighted by molar-refractivity contribution is 6.30. The summed E-state index contributed by atoms with van der Waals surface area (Å²) >= 11 is 6.04. The van der Waals surface area contributed by atoms with Gasteiger partial charge in [-0.3, -0.25) is 14.6 Å². The molecule has 3 aromatic carbocycles. The Hall–Kier alpha value is -3.02. The van der Waals surface area contributed by atoms with Gasteiger partial charge in [-0.2, -0.15) is 0 Å². The number of ether oxygens (including phenoxy) is 1. The fraction of sp³-hybridized carbons (Fsp3) is 0.269. The van der Waals surface area contributed by atoms with Crippen LogP contribution in [0.1, 0.15) is 28.8 Å². The number of para-hydroxylation sites is 3. The van der Waals surface area contributed by atoms with E-state index in [1.807, 2.05) is 65.6 Å². The van der Waals surface area contributed by atoms with Crippen LogP contribution in [-0.2, 0) is 6.54 Å². The van der Waals surface area contributed by atoms with Crippen LogP contribution >= 0.6 is 11.6 Å². The van der Waals surface area contributed by atoms with Gasteiger partial charge in [0, 0.05) is 43.2 Å². The Morgan fingerprint density at radius 1 is 0.969 bits per heavy atom. The third-order valence-electron chi connectivity index (χ3n) is 6.48. The number of nitrogens with zero attached hydrogens (tertiary/aromatic N) is 2. The van der Waals surface area contributed by atoms with Crippen molar-refractivity contribution in [2.24, 2.45) is 0 Å². The van der Waals surface area contributed by atoms with Crippen LogP contribution in [-0.4, -0.2) is 36.7 Å². The smallest absolute Gasteiger partial charge is 0.262 e. The molecule has 1 fully saturated rings. The van der Waals surface area contributed by atoms with E-state index in [-0.39, 0.29) is 5.91 Å². The first-order chi connectivity index (χ1) is 15.6. The standard InChI is InChI=1S/C26H26ClN3O2/c1-32-24-9-5-4-8-23(24)30-25(31)21-6-2-3-7-22(21)28-26(30)14-16-29(17-15-26)18-19-10-12-20(27)13-11-19/h2-13,28H,14-18H2,1H3. The topological polar surface area (TPSA) is 44.8 Å². The van der Waals surface area contributed by atoms with Crippen molar-refractivity contribution in [2.45, 2.75) is 25.0 Å². The number of piperidine rings is 1. The number of halogens is 1. The lowest BCUT2D eigenvalue weighted by molar-refractivity contribution is 0.0902. The number of anilines is 2. The fourth-order valence-electron chi connectivity index (χ4n) is 4.83. The molecule has 0 radical (unpaired) electrons. The Morgan fingerprint density at radius 3 is 2.41 bits per heavy atom. The minimum atomic E-state index is -0.503. The molecule has 2 aliphatic rings. The van der Waals surface area contributed by atoms with Crippen LogP contribution in [0, 0.1) is 0 Å². The number of benzene rings is 3. The summed E-state index contributed by atoms with van der Waals surface area (Å²) in [5.41, 5.74) is 3.12. The molecule has 0 atom stereocenters. The van der Waals surface area contributed by atoms with E-state index in [0.29, 0.717) is 11.3 Å². The molecule has 0 aliphatic carbocycles. The summed E-state index contributed by atoms with van der Waals surface area (Å²) in [6.07, 6.45) is 1.61.